The predicted molar refractivity (Wildman–Crippen MR) is 139 cm³/mol. The van der Waals surface area contributed by atoms with E-state index in [1.54, 1.807) is 0 Å². The molecule has 0 saturated heterocycles. The van der Waals surface area contributed by atoms with Gasteiger partial charge in [-0.1, -0.05) is 123 Å². The number of carbonyl (C=O) groups is 1. The normalized spacial score (nSPS) is 17.1. The Morgan fingerprint density at radius 3 is 1.97 bits per heavy atom. The van der Waals surface area contributed by atoms with Gasteiger partial charge in [-0.2, -0.15) is 0 Å². The quantitative estimate of drug-likeness (QED) is 0.299. The maximum atomic E-state index is 12.7. The van der Waals surface area contributed by atoms with Crippen molar-refractivity contribution in [2.75, 3.05) is 6.54 Å². The molecule has 0 radical (unpaired) electrons. The Morgan fingerprint density at radius 2 is 1.35 bits per heavy atom. The van der Waals surface area contributed by atoms with Crippen LogP contribution in [0.2, 0.25) is 5.02 Å². The smallest absolute Gasteiger partial charge is 0.321 e. The Hall–Kier alpha value is -2.62. The van der Waals surface area contributed by atoms with E-state index in [2.05, 4.69) is 24.3 Å². The summed E-state index contributed by atoms with van der Waals surface area (Å²) < 4.78 is 6.22. The molecule has 0 aliphatic heterocycles. The van der Waals surface area contributed by atoms with Crippen molar-refractivity contribution in [3.05, 3.63) is 106 Å². The second-order valence-corrected chi connectivity index (χ2v) is 9.63. The van der Waals surface area contributed by atoms with E-state index in [4.69, 9.17) is 22.1 Å². The van der Waals surface area contributed by atoms with E-state index in [9.17, 15) is 4.79 Å². The van der Waals surface area contributed by atoms with E-state index in [-0.39, 0.29) is 6.54 Å². The maximum absolute atomic E-state index is 12.7. The lowest BCUT2D eigenvalue weighted by atomic mass is 9.79. The number of nitrogens with two attached hydrogens (primary N) is 1. The molecule has 0 spiro atoms. The average molecular weight is 476 g/mol. The van der Waals surface area contributed by atoms with Crippen LogP contribution in [-0.2, 0) is 15.1 Å². The highest BCUT2D eigenvalue weighted by atomic mass is 35.5. The minimum absolute atomic E-state index is 0.209. The Kier molecular flexibility index (Phi) is 8.42. The van der Waals surface area contributed by atoms with Gasteiger partial charge in [0.2, 0.25) is 0 Å². The summed E-state index contributed by atoms with van der Waals surface area (Å²) in [6.07, 6.45) is 10.4. The zero-order valence-corrected chi connectivity index (χ0v) is 20.5. The second-order valence-electron chi connectivity index (χ2n) is 9.22. The van der Waals surface area contributed by atoms with Crippen molar-refractivity contribution >= 4 is 17.6 Å². The second kappa shape index (κ2) is 11.7. The van der Waals surface area contributed by atoms with E-state index in [1.807, 2.05) is 54.6 Å². The summed E-state index contributed by atoms with van der Waals surface area (Å²) in [5.74, 6) is 0.0919. The largest absolute Gasteiger partial charge is 0.443 e. The van der Waals surface area contributed by atoms with Crippen molar-refractivity contribution in [1.29, 1.82) is 0 Å². The first kappa shape index (κ1) is 24.5. The summed E-state index contributed by atoms with van der Waals surface area (Å²) in [6, 6.07) is 26.0. The van der Waals surface area contributed by atoms with Gasteiger partial charge in [0.25, 0.3) is 0 Å². The van der Waals surface area contributed by atoms with Gasteiger partial charge in [0.05, 0.1) is 6.54 Å². The molecule has 1 atom stereocenters. The van der Waals surface area contributed by atoms with Gasteiger partial charge in [0.15, 0.2) is 5.60 Å². The predicted octanol–water partition coefficient (Wildman–Crippen LogP) is 7.35. The van der Waals surface area contributed by atoms with Crippen LogP contribution in [0.5, 0.6) is 0 Å². The number of hydrogen-bond donors (Lipinski definition) is 1. The molecule has 2 N–H and O–H groups in total. The third-order valence-corrected chi connectivity index (χ3v) is 7.34. The van der Waals surface area contributed by atoms with E-state index < -0.39 is 11.6 Å². The molecule has 0 amide bonds. The number of ether oxygens (including phenoxy) is 1. The lowest BCUT2D eigenvalue weighted by Gasteiger charge is -2.36. The maximum Gasteiger partial charge on any atom is 0.321 e. The Labute approximate surface area is 208 Å². The van der Waals surface area contributed by atoms with Gasteiger partial charge in [0.1, 0.15) is 0 Å². The molecular formula is C30H34ClNO2. The van der Waals surface area contributed by atoms with Crippen LogP contribution in [-0.4, -0.2) is 12.5 Å². The highest BCUT2D eigenvalue weighted by Crippen LogP contribution is 2.44. The van der Waals surface area contributed by atoms with Gasteiger partial charge in [-0.05, 0) is 30.4 Å². The highest BCUT2D eigenvalue weighted by molar-refractivity contribution is 6.31. The SMILES string of the molecule is NCC(=O)OC(c1ccccc1)(c1ccc(C2CCCCCCCC2)cc1)c1ccccc1Cl. The zero-order valence-electron chi connectivity index (χ0n) is 19.7. The summed E-state index contributed by atoms with van der Waals surface area (Å²) in [5.41, 5.74) is 8.29. The van der Waals surface area contributed by atoms with Crippen LogP contribution in [0, 0.1) is 0 Å². The molecule has 1 saturated carbocycles. The summed E-state index contributed by atoms with van der Waals surface area (Å²) >= 11 is 6.71. The van der Waals surface area contributed by atoms with Gasteiger partial charge >= 0.3 is 5.97 Å². The molecule has 34 heavy (non-hydrogen) atoms. The summed E-state index contributed by atoms with van der Waals surface area (Å²) in [6.45, 7) is -0.209. The summed E-state index contributed by atoms with van der Waals surface area (Å²) in [4.78, 5) is 12.7. The summed E-state index contributed by atoms with van der Waals surface area (Å²) in [5, 5.41) is 0.538. The molecule has 0 bridgehead atoms. The van der Waals surface area contributed by atoms with Crippen LogP contribution in [0.4, 0.5) is 0 Å². The topological polar surface area (TPSA) is 52.3 Å². The standard InChI is InChI=1S/C30H34ClNO2/c31-28-17-11-10-16-27(28)30(34-29(33)22-32,25-14-8-5-9-15-25)26-20-18-24(19-21-26)23-12-6-3-1-2-4-7-13-23/h5,8-11,14-21,23H,1-4,6-7,12-13,22,32H2. The Balaban J connectivity index is 1.81. The van der Waals surface area contributed by atoms with Crippen LogP contribution in [0.3, 0.4) is 0 Å². The number of benzene rings is 3. The van der Waals surface area contributed by atoms with E-state index >= 15 is 0 Å². The fourth-order valence-corrected chi connectivity index (χ4v) is 5.51. The molecule has 1 aliphatic carbocycles. The molecule has 3 nitrogen and oxygen atoms in total. The van der Waals surface area contributed by atoms with Gasteiger partial charge in [-0.15, -0.1) is 0 Å². The molecule has 1 fully saturated rings. The number of hydrogen-bond acceptors (Lipinski definition) is 3. The van der Waals surface area contributed by atoms with Gasteiger partial charge in [-0.25, -0.2) is 0 Å². The lowest BCUT2D eigenvalue weighted by Crippen LogP contribution is -2.37. The van der Waals surface area contributed by atoms with Crippen molar-refractivity contribution < 1.29 is 9.53 Å². The van der Waals surface area contributed by atoms with Crippen molar-refractivity contribution in [2.45, 2.75) is 62.9 Å². The highest BCUT2D eigenvalue weighted by Gasteiger charge is 2.42. The monoisotopic (exact) mass is 475 g/mol. The molecule has 4 rings (SSSR count). The first-order valence-electron chi connectivity index (χ1n) is 12.5. The molecule has 178 valence electrons. The summed E-state index contributed by atoms with van der Waals surface area (Å²) in [7, 11) is 0. The van der Waals surface area contributed by atoms with Crippen LogP contribution in [0.15, 0.2) is 78.9 Å². The first-order chi connectivity index (χ1) is 16.6. The molecular weight excluding hydrogens is 442 g/mol. The molecule has 3 aromatic carbocycles. The van der Waals surface area contributed by atoms with Crippen LogP contribution < -0.4 is 5.73 Å². The minimum Gasteiger partial charge on any atom is -0.443 e. The first-order valence-corrected chi connectivity index (χ1v) is 12.9. The molecule has 1 unspecified atom stereocenters. The fraction of sp³-hybridized carbons (Fsp3) is 0.367. The number of carbonyl (C=O) groups excluding carboxylic acids is 1. The zero-order chi connectivity index (χ0) is 23.8. The Bertz CT molecular complexity index is 1060. The van der Waals surface area contributed by atoms with Crippen LogP contribution in [0.1, 0.15) is 79.5 Å². The molecule has 0 heterocycles. The number of rotatable bonds is 6. The van der Waals surface area contributed by atoms with Gasteiger partial charge in [0, 0.05) is 21.7 Å². The molecule has 0 aromatic heterocycles. The van der Waals surface area contributed by atoms with Gasteiger partial charge in [-0.3, -0.25) is 4.79 Å². The Morgan fingerprint density at radius 1 is 0.794 bits per heavy atom. The molecule has 3 aromatic rings. The van der Waals surface area contributed by atoms with Crippen molar-refractivity contribution in [1.82, 2.24) is 0 Å². The van der Waals surface area contributed by atoms with Crippen LogP contribution in [0.25, 0.3) is 0 Å². The fourth-order valence-electron chi connectivity index (χ4n) is 5.24. The van der Waals surface area contributed by atoms with Crippen molar-refractivity contribution in [3.8, 4) is 0 Å². The van der Waals surface area contributed by atoms with E-state index in [0.29, 0.717) is 10.9 Å². The number of halogens is 1. The lowest BCUT2D eigenvalue weighted by molar-refractivity contribution is -0.151. The van der Waals surface area contributed by atoms with E-state index in [1.165, 1.54) is 56.9 Å². The third kappa shape index (κ3) is 5.37. The average Bonchev–Trinajstić information content (AvgIpc) is 3.02. The van der Waals surface area contributed by atoms with Crippen LogP contribution >= 0.6 is 11.6 Å². The number of esters is 1. The molecule has 1 aliphatic rings. The van der Waals surface area contributed by atoms with Crippen molar-refractivity contribution in [2.24, 2.45) is 5.73 Å². The minimum atomic E-state index is -1.19. The third-order valence-electron chi connectivity index (χ3n) is 7.01. The van der Waals surface area contributed by atoms with Crippen molar-refractivity contribution in [3.63, 3.8) is 0 Å². The van der Waals surface area contributed by atoms with Gasteiger partial charge < -0.3 is 10.5 Å². The van der Waals surface area contributed by atoms with E-state index in [0.717, 1.165) is 16.7 Å². The molecule has 4 heteroatoms.